The highest BCUT2D eigenvalue weighted by atomic mass is 35.5. The second-order valence-electron chi connectivity index (χ2n) is 4.00. The molecular formula is C10H8ClN7O2. The predicted octanol–water partition coefficient (Wildman–Crippen LogP) is -0.827. The molecule has 3 heterocycles. The third-order valence-corrected chi connectivity index (χ3v) is 2.72. The summed E-state index contributed by atoms with van der Waals surface area (Å²) in [5, 5.41) is 2.17. The lowest BCUT2D eigenvalue weighted by Crippen LogP contribution is -2.52. The fraction of sp³-hybridized carbons (Fsp3) is 0.200. The van der Waals surface area contributed by atoms with Crippen molar-refractivity contribution < 1.29 is 9.59 Å². The van der Waals surface area contributed by atoms with Gasteiger partial charge in [-0.25, -0.2) is 4.98 Å². The number of amides is 2. The highest BCUT2D eigenvalue weighted by Crippen LogP contribution is 2.14. The van der Waals surface area contributed by atoms with Gasteiger partial charge in [-0.2, -0.15) is 15.0 Å². The van der Waals surface area contributed by atoms with Crippen molar-refractivity contribution in [3.63, 3.8) is 0 Å². The summed E-state index contributed by atoms with van der Waals surface area (Å²) < 4.78 is 1.54. The number of carbonyl (C=O) groups is 2. The van der Waals surface area contributed by atoms with Crippen molar-refractivity contribution in [2.75, 3.05) is 18.0 Å². The normalized spacial score (nSPS) is 15.3. The standard InChI is InChI=1S/C10H8ClN7O2/c11-8-14-9(17-2-1-12-5-17)16-10(15-8)18-3-6(19)13-7(20)4-18/h1-2,5H,3-4H2,(H,13,19,20). The van der Waals surface area contributed by atoms with E-state index in [0.29, 0.717) is 0 Å². The van der Waals surface area contributed by atoms with Crippen molar-refractivity contribution in [1.82, 2.24) is 29.8 Å². The van der Waals surface area contributed by atoms with E-state index in [1.165, 1.54) is 11.2 Å². The molecule has 3 rings (SSSR count). The lowest BCUT2D eigenvalue weighted by atomic mass is 10.3. The van der Waals surface area contributed by atoms with Gasteiger partial charge in [0.2, 0.25) is 29.0 Å². The summed E-state index contributed by atoms with van der Waals surface area (Å²) in [6, 6.07) is 0. The van der Waals surface area contributed by atoms with Gasteiger partial charge in [0, 0.05) is 12.4 Å². The summed E-state index contributed by atoms with van der Waals surface area (Å²) in [5.41, 5.74) is 0. The summed E-state index contributed by atoms with van der Waals surface area (Å²) in [5.74, 6) is -0.406. The molecular weight excluding hydrogens is 286 g/mol. The molecule has 102 valence electrons. The second kappa shape index (κ2) is 4.85. The molecule has 2 aromatic heterocycles. The molecule has 2 aromatic rings. The lowest BCUT2D eigenvalue weighted by Gasteiger charge is -2.25. The Balaban J connectivity index is 1.97. The van der Waals surface area contributed by atoms with E-state index in [-0.39, 0.29) is 30.3 Å². The number of anilines is 1. The molecule has 9 nitrogen and oxygen atoms in total. The molecule has 0 saturated carbocycles. The number of hydrogen-bond acceptors (Lipinski definition) is 7. The van der Waals surface area contributed by atoms with Crippen LogP contribution in [0.3, 0.4) is 0 Å². The average molecular weight is 294 g/mol. The van der Waals surface area contributed by atoms with Gasteiger partial charge in [0.05, 0.1) is 0 Å². The van der Waals surface area contributed by atoms with Gasteiger partial charge in [0.25, 0.3) is 0 Å². The van der Waals surface area contributed by atoms with Crippen molar-refractivity contribution in [2.45, 2.75) is 0 Å². The molecule has 0 atom stereocenters. The van der Waals surface area contributed by atoms with E-state index < -0.39 is 11.8 Å². The van der Waals surface area contributed by atoms with Crippen molar-refractivity contribution in [2.24, 2.45) is 0 Å². The minimum Gasteiger partial charge on any atom is -0.322 e. The number of halogens is 1. The summed E-state index contributed by atoms with van der Waals surface area (Å²) >= 11 is 5.85. The number of carbonyl (C=O) groups excluding carboxylic acids is 2. The van der Waals surface area contributed by atoms with Gasteiger partial charge in [-0.15, -0.1) is 0 Å². The van der Waals surface area contributed by atoms with Crippen LogP contribution in [0.25, 0.3) is 5.95 Å². The Morgan fingerprint density at radius 3 is 2.45 bits per heavy atom. The maximum Gasteiger partial charge on any atom is 0.246 e. The van der Waals surface area contributed by atoms with E-state index in [9.17, 15) is 9.59 Å². The average Bonchev–Trinajstić information content (AvgIpc) is 2.90. The maximum atomic E-state index is 11.4. The summed E-state index contributed by atoms with van der Waals surface area (Å²) in [6.45, 7) is -0.0368. The number of rotatable bonds is 2. The molecule has 0 aliphatic carbocycles. The highest BCUT2D eigenvalue weighted by molar-refractivity contribution is 6.28. The molecule has 0 radical (unpaired) electrons. The Labute approximate surface area is 117 Å². The lowest BCUT2D eigenvalue weighted by molar-refractivity contribution is -0.130. The zero-order chi connectivity index (χ0) is 14.1. The molecule has 1 aliphatic rings. The Kier molecular flexibility index (Phi) is 3.03. The first-order chi connectivity index (χ1) is 9.61. The van der Waals surface area contributed by atoms with E-state index in [4.69, 9.17) is 11.6 Å². The van der Waals surface area contributed by atoms with Crippen molar-refractivity contribution in [3.8, 4) is 5.95 Å². The van der Waals surface area contributed by atoms with E-state index in [1.807, 2.05) is 0 Å². The summed E-state index contributed by atoms with van der Waals surface area (Å²) in [4.78, 5) is 40.1. The first kappa shape index (κ1) is 12.5. The van der Waals surface area contributed by atoms with Crippen LogP contribution in [0.5, 0.6) is 0 Å². The molecule has 0 bridgehead atoms. The molecule has 1 aliphatic heterocycles. The van der Waals surface area contributed by atoms with Crippen LogP contribution in [0.15, 0.2) is 18.7 Å². The highest BCUT2D eigenvalue weighted by Gasteiger charge is 2.25. The monoisotopic (exact) mass is 293 g/mol. The van der Waals surface area contributed by atoms with Crippen LogP contribution in [0.2, 0.25) is 5.28 Å². The van der Waals surface area contributed by atoms with Crippen molar-refractivity contribution >= 4 is 29.4 Å². The number of imide groups is 1. The molecule has 2 amide bonds. The Bertz CT molecular complexity index is 656. The molecule has 0 aromatic carbocycles. The largest absolute Gasteiger partial charge is 0.322 e. The quantitative estimate of drug-likeness (QED) is 0.721. The van der Waals surface area contributed by atoms with Gasteiger partial charge >= 0.3 is 0 Å². The molecule has 1 N–H and O–H groups in total. The Morgan fingerprint density at radius 1 is 1.10 bits per heavy atom. The van der Waals surface area contributed by atoms with Gasteiger partial charge in [-0.3, -0.25) is 19.5 Å². The van der Waals surface area contributed by atoms with Crippen molar-refractivity contribution in [3.05, 3.63) is 24.0 Å². The Morgan fingerprint density at radius 2 is 1.80 bits per heavy atom. The molecule has 1 fully saturated rings. The Hall–Kier alpha value is -2.55. The molecule has 1 saturated heterocycles. The number of imidazole rings is 1. The second-order valence-corrected chi connectivity index (χ2v) is 4.34. The van der Waals surface area contributed by atoms with E-state index in [2.05, 4.69) is 25.3 Å². The van der Waals surface area contributed by atoms with Crippen LogP contribution >= 0.6 is 11.6 Å². The molecule has 10 heteroatoms. The van der Waals surface area contributed by atoms with E-state index in [0.717, 1.165) is 0 Å². The van der Waals surface area contributed by atoms with Crippen LogP contribution in [0.4, 0.5) is 5.95 Å². The maximum absolute atomic E-state index is 11.4. The van der Waals surface area contributed by atoms with Gasteiger partial charge in [0.15, 0.2) is 0 Å². The molecule has 0 spiro atoms. The predicted molar refractivity (Wildman–Crippen MR) is 67.3 cm³/mol. The van der Waals surface area contributed by atoms with Crippen LogP contribution < -0.4 is 10.2 Å². The minimum absolute atomic E-state index is 0.0184. The van der Waals surface area contributed by atoms with Crippen LogP contribution in [0, 0.1) is 0 Å². The van der Waals surface area contributed by atoms with Gasteiger partial charge in [-0.05, 0) is 11.6 Å². The number of nitrogens with one attached hydrogen (secondary N) is 1. The smallest absolute Gasteiger partial charge is 0.246 e. The van der Waals surface area contributed by atoms with Gasteiger partial charge < -0.3 is 4.90 Å². The van der Waals surface area contributed by atoms with Crippen LogP contribution in [-0.2, 0) is 9.59 Å². The molecule has 20 heavy (non-hydrogen) atoms. The topological polar surface area (TPSA) is 106 Å². The zero-order valence-electron chi connectivity index (χ0n) is 10.0. The minimum atomic E-state index is -0.415. The fourth-order valence-electron chi connectivity index (χ4n) is 1.74. The van der Waals surface area contributed by atoms with E-state index >= 15 is 0 Å². The fourth-order valence-corrected chi connectivity index (χ4v) is 1.89. The number of aromatic nitrogens is 5. The van der Waals surface area contributed by atoms with Crippen molar-refractivity contribution in [1.29, 1.82) is 0 Å². The number of nitrogens with zero attached hydrogens (tertiary/aromatic N) is 6. The third kappa shape index (κ3) is 2.43. The SMILES string of the molecule is O=C1CN(c2nc(Cl)nc(-n3ccnc3)n2)CC(=O)N1. The first-order valence-electron chi connectivity index (χ1n) is 5.59. The molecule has 0 unspecified atom stereocenters. The van der Waals surface area contributed by atoms with Crippen LogP contribution in [-0.4, -0.2) is 49.4 Å². The summed E-state index contributed by atoms with van der Waals surface area (Å²) in [6.07, 6.45) is 4.71. The number of piperazine rings is 1. The first-order valence-corrected chi connectivity index (χ1v) is 5.97. The summed E-state index contributed by atoms with van der Waals surface area (Å²) in [7, 11) is 0. The van der Waals surface area contributed by atoms with Crippen LogP contribution in [0.1, 0.15) is 0 Å². The third-order valence-electron chi connectivity index (χ3n) is 2.55. The van der Waals surface area contributed by atoms with Gasteiger partial charge in [-0.1, -0.05) is 0 Å². The number of hydrogen-bond donors (Lipinski definition) is 1. The zero-order valence-corrected chi connectivity index (χ0v) is 10.8. The van der Waals surface area contributed by atoms with Gasteiger partial charge in [0.1, 0.15) is 19.4 Å². The van der Waals surface area contributed by atoms with E-state index in [1.54, 1.807) is 17.0 Å².